The van der Waals surface area contributed by atoms with Gasteiger partial charge in [-0.25, -0.2) is 9.67 Å². The van der Waals surface area contributed by atoms with Crippen LogP contribution >= 0.6 is 0 Å². The van der Waals surface area contributed by atoms with Gasteiger partial charge >= 0.3 is 0 Å². The number of hydrogen-bond donors (Lipinski definition) is 1. The van der Waals surface area contributed by atoms with Crippen LogP contribution in [0.15, 0.2) is 18.2 Å². The molecule has 1 aromatic carbocycles. The Bertz CT molecular complexity index is 728. The van der Waals surface area contributed by atoms with Crippen molar-refractivity contribution < 1.29 is 9.66 Å². The zero-order valence-corrected chi connectivity index (χ0v) is 13.2. The van der Waals surface area contributed by atoms with Crippen LogP contribution in [0.1, 0.15) is 23.6 Å². The minimum atomic E-state index is -0.362. The topological polar surface area (TPSA) is 95.1 Å². The highest BCUT2D eigenvalue weighted by atomic mass is 16.6. The third kappa shape index (κ3) is 3.31. The second-order valence-electron chi connectivity index (χ2n) is 5.70. The summed E-state index contributed by atoms with van der Waals surface area (Å²) in [6, 6.07) is 5.32. The first-order valence-electron chi connectivity index (χ1n) is 7.50. The molecular formula is C15H19N5O3. The van der Waals surface area contributed by atoms with Crippen molar-refractivity contribution in [3.05, 3.63) is 45.5 Å². The van der Waals surface area contributed by atoms with E-state index in [1.807, 2.05) is 10.7 Å². The number of nitro benzene ring substituents is 1. The van der Waals surface area contributed by atoms with Crippen molar-refractivity contribution in [2.75, 3.05) is 12.4 Å². The van der Waals surface area contributed by atoms with Crippen molar-refractivity contribution in [2.24, 2.45) is 0 Å². The van der Waals surface area contributed by atoms with Crippen molar-refractivity contribution in [3.8, 4) is 0 Å². The molecule has 0 aliphatic carbocycles. The maximum absolute atomic E-state index is 10.9. The van der Waals surface area contributed by atoms with Gasteiger partial charge < -0.3 is 10.1 Å². The molecule has 1 N–H and O–H groups in total. The van der Waals surface area contributed by atoms with Crippen LogP contribution in [0.4, 0.5) is 11.4 Å². The molecule has 0 saturated carbocycles. The molecule has 0 fully saturated rings. The van der Waals surface area contributed by atoms with Crippen LogP contribution in [0.2, 0.25) is 0 Å². The Labute approximate surface area is 133 Å². The summed E-state index contributed by atoms with van der Waals surface area (Å²) in [5, 5.41) is 18.7. The molecule has 2 heterocycles. The number of fused-ring (bicyclic) bond motifs is 1. The summed E-state index contributed by atoms with van der Waals surface area (Å²) < 4.78 is 6.97. The number of benzene rings is 1. The standard InChI is InChI=1S/C15H19N5O3/c1-10-7-11(3-5-13(10)20(21)22)16-12-4-6-15-17-14(9-23-2)18-19(15)8-12/h3,5,7,12,16H,4,6,8-9H2,1-2H3/t12-/m1/s1. The van der Waals surface area contributed by atoms with Crippen molar-refractivity contribution in [2.45, 2.75) is 39.0 Å². The number of ether oxygens (including phenoxy) is 1. The van der Waals surface area contributed by atoms with Crippen molar-refractivity contribution in [1.82, 2.24) is 14.8 Å². The van der Waals surface area contributed by atoms with Crippen LogP contribution in [0, 0.1) is 17.0 Å². The normalized spacial score (nSPS) is 16.9. The van der Waals surface area contributed by atoms with Gasteiger partial charge in [0.1, 0.15) is 12.4 Å². The molecule has 1 aliphatic heterocycles. The molecule has 3 rings (SSSR count). The Morgan fingerprint density at radius 2 is 2.35 bits per heavy atom. The lowest BCUT2D eigenvalue weighted by Crippen LogP contribution is -2.32. The average molecular weight is 317 g/mol. The van der Waals surface area contributed by atoms with Crippen LogP contribution in [0.3, 0.4) is 0 Å². The highest BCUT2D eigenvalue weighted by Crippen LogP contribution is 2.24. The van der Waals surface area contributed by atoms with Gasteiger partial charge in [-0.1, -0.05) is 0 Å². The van der Waals surface area contributed by atoms with Crippen LogP contribution in [0.25, 0.3) is 0 Å². The first kappa shape index (κ1) is 15.4. The maximum atomic E-state index is 10.9. The monoisotopic (exact) mass is 317 g/mol. The van der Waals surface area contributed by atoms with Gasteiger partial charge in [-0.3, -0.25) is 10.1 Å². The number of rotatable bonds is 5. The zero-order chi connectivity index (χ0) is 16.4. The van der Waals surface area contributed by atoms with Gasteiger partial charge in [0.15, 0.2) is 5.82 Å². The molecule has 1 atom stereocenters. The third-order valence-corrected chi connectivity index (χ3v) is 3.94. The third-order valence-electron chi connectivity index (χ3n) is 3.94. The molecule has 0 radical (unpaired) electrons. The zero-order valence-electron chi connectivity index (χ0n) is 13.2. The lowest BCUT2D eigenvalue weighted by molar-refractivity contribution is -0.385. The summed E-state index contributed by atoms with van der Waals surface area (Å²) in [5.74, 6) is 1.68. The van der Waals surface area contributed by atoms with E-state index in [1.54, 1.807) is 20.1 Å². The van der Waals surface area contributed by atoms with Gasteiger partial charge in [-0.15, -0.1) is 0 Å². The molecule has 23 heavy (non-hydrogen) atoms. The Morgan fingerprint density at radius 3 is 3.04 bits per heavy atom. The molecule has 0 bridgehead atoms. The van der Waals surface area contributed by atoms with E-state index in [4.69, 9.17) is 4.74 Å². The number of aromatic nitrogens is 3. The molecule has 122 valence electrons. The quantitative estimate of drug-likeness (QED) is 0.670. The van der Waals surface area contributed by atoms with E-state index in [2.05, 4.69) is 15.4 Å². The fourth-order valence-electron chi connectivity index (χ4n) is 2.85. The lowest BCUT2D eigenvalue weighted by Gasteiger charge is -2.24. The minimum Gasteiger partial charge on any atom is -0.380 e. The molecule has 2 aromatic rings. The van der Waals surface area contributed by atoms with Gasteiger partial charge in [0.05, 0.1) is 11.5 Å². The van der Waals surface area contributed by atoms with Gasteiger partial charge in [-0.05, 0) is 25.5 Å². The number of methoxy groups -OCH3 is 1. The van der Waals surface area contributed by atoms with E-state index in [0.29, 0.717) is 18.0 Å². The maximum Gasteiger partial charge on any atom is 0.272 e. The molecule has 0 saturated heterocycles. The fraction of sp³-hybridized carbons (Fsp3) is 0.467. The molecule has 0 spiro atoms. The predicted molar refractivity (Wildman–Crippen MR) is 84.3 cm³/mol. The Hall–Kier alpha value is -2.48. The van der Waals surface area contributed by atoms with Gasteiger partial charge in [0.25, 0.3) is 5.69 Å². The second kappa shape index (κ2) is 6.33. The Kier molecular flexibility index (Phi) is 4.24. The Morgan fingerprint density at radius 1 is 1.52 bits per heavy atom. The van der Waals surface area contributed by atoms with E-state index in [9.17, 15) is 10.1 Å². The molecule has 1 aliphatic rings. The summed E-state index contributed by atoms with van der Waals surface area (Å²) in [6.45, 7) is 2.89. The number of nitro groups is 1. The fourth-order valence-corrected chi connectivity index (χ4v) is 2.85. The summed E-state index contributed by atoms with van der Waals surface area (Å²) in [7, 11) is 1.63. The molecular weight excluding hydrogens is 298 g/mol. The van der Waals surface area contributed by atoms with Gasteiger partial charge in [0, 0.05) is 36.9 Å². The number of hydrogen-bond acceptors (Lipinski definition) is 6. The van der Waals surface area contributed by atoms with Crippen molar-refractivity contribution >= 4 is 11.4 Å². The van der Waals surface area contributed by atoms with E-state index in [1.165, 1.54) is 6.07 Å². The first-order valence-corrected chi connectivity index (χ1v) is 7.50. The largest absolute Gasteiger partial charge is 0.380 e. The first-order chi connectivity index (χ1) is 11.1. The van der Waals surface area contributed by atoms with E-state index in [0.717, 1.165) is 30.9 Å². The Balaban J connectivity index is 1.69. The van der Waals surface area contributed by atoms with Gasteiger partial charge in [-0.2, -0.15) is 5.10 Å². The average Bonchev–Trinajstić information content (AvgIpc) is 2.89. The summed E-state index contributed by atoms with van der Waals surface area (Å²) in [5.41, 5.74) is 1.68. The number of nitrogens with zero attached hydrogens (tertiary/aromatic N) is 4. The van der Waals surface area contributed by atoms with Crippen LogP contribution in [0.5, 0.6) is 0 Å². The molecule has 8 heteroatoms. The SMILES string of the molecule is COCc1nc2n(n1)C[C@H](Nc1ccc([N+](=O)[O-])c(C)c1)CC2. The van der Waals surface area contributed by atoms with Crippen LogP contribution in [-0.2, 0) is 24.3 Å². The summed E-state index contributed by atoms with van der Waals surface area (Å²) in [6.07, 6.45) is 1.79. The van der Waals surface area contributed by atoms with Crippen LogP contribution in [-0.4, -0.2) is 32.8 Å². The number of nitrogens with one attached hydrogen (secondary N) is 1. The lowest BCUT2D eigenvalue weighted by atomic mass is 10.1. The highest BCUT2D eigenvalue weighted by molar-refractivity contribution is 5.54. The van der Waals surface area contributed by atoms with E-state index in [-0.39, 0.29) is 16.7 Å². The molecule has 0 unspecified atom stereocenters. The van der Waals surface area contributed by atoms with E-state index < -0.39 is 0 Å². The molecule has 1 aromatic heterocycles. The summed E-state index contributed by atoms with van der Waals surface area (Å²) >= 11 is 0. The number of anilines is 1. The highest BCUT2D eigenvalue weighted by Gasteiger charge is 2.22. The second-order valence-corrected chi connectivity index (χ2v) is 5.70. The van der Waals surface area contributed by atoms with Crippen molar-refractivity contribution in [1.29, 1.82) is 0 Å². The molecule has 0 amide bonds. The predicted octanol–water partition coefficient (Wildman–Crippen LogP) is 2.07. The van der Waals surface area contributed by atoms with E-state index >= 15 is 0 Å². The van der Waals surface area contributed by atoms with Gasteiger partial charge in [0.2, 0.25) is 0 Å². The smallest absolute Gasteiger partial charge is 0.272 e. The van der Waals surface area contributed by atoms with Crippen molar-refractivity contribution in [3.63, 3.8) is 0 Å². The minimum absolute atomic E-state index is 0.141. The number of aryl methyl sites for hydroxylation is 2. The summed E-state index contributed by atoms with van der Waals surface area (Å²) in [4.78, 5) is 15.0. The molecule has 8 nitrogen and oxygen atoms in total. The van der Waals surface area contributed by atoms with Crippen LogP contribution < -0.4 is 5.32 Å².